The molecule has 2 atom stereocenters. The summed E-state index contributed by atoms with van der Waals surface area (Å²) in [5.74, 6) is 0.664. The van der Waals surface area contributed by atoms with Crippen LogP contribution in [0.3, 0.4) is 0 Å². The molecule has 102 valence electrons. The summed E-state index contributed by atoms with van der Waals surface area (Å²) in [5, 5.41) is 4.06. The highest BCUT2D eigenvalue weighted by molar-refractivity contribution is 6.31. The first-order valence-electron chi connectivity index (χ1n) is 6.32. The van der Waals surface area contributed by atoms with Crippen LogP contribution >= 0.6 is 23.2 Å². The minimum absolute atomic E-state index is 0.0234. The Kier molecular flexibility index (Phi) is 3.64. The number of halogens is 2. The van der Waals surface area contributed by atoms with E-state index in [1.54, 1.807) is 12.1 Å². The smallest absolute Gasteiger partial charge is 0.229 e. The lowest BCUT2D eigenvalue weighted by Gasteiger charge is -2.05. The van der Waals surface area contributed by atoms with Crippen molar-refractivity contribution in [2.75, 3.05) is 5.32 Å². The lowest BCUT2D eigenvalue weighted by atomic mass is 10.1. The molecule has 1 aromatic carbocycles. The van der Waals surface area contributed by atoms with Crippen LogP contribution in [-0.2, 0) is 4.79 Å². The minimum Gasteiger partial charge on any atom is -0.310 e. The van der Waals surface area contributed by atoms with Crippen LogP contribution in [0.2, 0.25) is 10.0 Å². The van der Waals surface area contributed by atoms with Gasteiger partial charge in [-0.25, -0.2) is 4.98 Å². The van der Waals surface area contributed by atoms with Gasteiger partial charge in [-0.3, -0.25) is 4.79 Å². The zero-order chi connectivity index (χ0) is 14.1. The molecule has 0 saturated heterocycles. The molecular weight excluding hydrogens is 295 g/mol. The molecule has 1 fully saturated rings. The van der Waals surface area contributed by atoms with Gasteiger partial charge in [0.15, 0.2) is 0 Å². The number of hydrogen-bond donors (Lipinski definition) is 1. The summed E-state index contributed by atoms with van der Waals surface area (Å²) in [6, 6.07) is 11.0. The predicted molar refractivity (Wildman–Crippen MR) is 80.2 cm³/mol. The zero-order valence-corrected chi connectivity index (χ0v) is 12.0. The number of nitrogens with one attached hydrogen (secondary N) is 1. The van der Waals surface area contributed by atoms with Crippen LogP contribution in [0.5, 0.6) is 0 Å². The molecule has 1 saturated carbocycles. The summed E-state index contributed by atoms with van der Waals surface area (Å²) >= 11 is 11.9. The Hall–Kier alpha value is -1.58. The van der Waals surface area contributed by atoms with Crippen molar-refractivity contribution < 1.29 is 4.79 Å². The fourth-order valence-electron chi connectivity index (χ4n) is 2.27. The van der Waals surface area contributed by atoms with Crippen molar-refractivity contribution in [2.24, 2.45) is 5.92 Å². The summed E-state index contributed by atoms with van der Waals surface area (Å²) in [5.41, 5.74) is 1.04. The van der Waals surface area contributed by atoms with Gasteiger partial charge in [-0.2, -0.15) is 0 Å². The van der Waals surface area contributed by atoms with E-state index in [9.17, 15) is 4.79 Å². The molecule has 2 aromatic rings. The Morgan fingerprint density at radius 1 is 1.20 bits per heavy atom. The van der Waals surface area contributed by atoms with Crippen molar-refractivity contribution in [1.29, 1.82) is 0 Å². The van der Waals surface area contributed by atoms with Crippen molar-refractivity contribution in [3.05, 3.63) is 58.2 Å². The van der Waals surface area contributed by atoms with Crippen LogP contribution < -0.4 is 5.32 Å². The number of amides is 1. The Bertz CT molecular complexity index is 643. The topological polar surface area (TPSA) is 42.0 Å². The number of aromatic nitrogens is 1. The number of benzene rings is 1. The number of nitrogens with zero attached hydrogens (tertiary/aromatic N) is 1. The molecule has 1 aliphatic carbocycles. The Balaban J connectivity index is 1.66. The molecule has 0 bridgehead atoms. The van der Waals surface area contributed by atoms with Crippen LogP contribution in [-0.4, -0.2) is 10.9 Å². The van der Waals surface area contributed by atoms with Crippen LogP contribution in [0.1, 0.15) is 17.9 Å². The Labute approximate surface area is 126 Å². The fourth-order valence-corrected chi connectivity index (χ4v) is 2.66. The molecule has 1 N–H and O–H groups in total. The van der Waals surface area contributed by atoms with Crippen molar-refractivity contribution in [2.45, 2.75) is 12.3 Å². The third-order valence-corrected chi connectivity index (χ3v) is 3.98. The first-order valence-corrected chi connectivity index (χ1v) is 7.07. The molecule has 3 nitrogen and oxygen atoms in total. The average Bonchev–Trinajstić information content (AvgIpc) is 3.22. The van der Waals surface area contributed by atoms with Gasteiger partial charge < -0.3 is 5.32 Å². The van der Waals surface area contributed by atoms with Gasteiger partial charge in [-0.05, 0) is 36.1 Å². The molecule has 0 spiro atoms. The molecule has 0 aliphatic heterocycles. The van der Waals surface area contributed by atoms with Gasteiger partial charge in [-0.1, -0.05) is 41.4 Å². The van der Waals surface area contributed by atoms with E-state index in [-0.39, 0.29) is 17.7 Å². The van der Waals surface area contributed by atoms with Gasteiger partial charge in [0.05, 0.1) is 5.02 Å². The quantitative estimate of drug-likeness (QED) is 0.926. The normalized spacial score (nSPS) is 20.5. The number of anilines is 1. The number of carbonyl (C=O) groups is 1. The van der Waals surface area contributed by atoms with Crippen LogP contribution in [0.25, 0.3) is 0 Å². The first-order chi connectivity index (χ1) is 9.65. The SMILES string of the molecule is O=C(Nc1ccc(Cl)cn1)C1CC1c1ccccc1Cl. The second kappa shape index (κ2) is 5.43. The van der Waals surface area contributed by atoms with Crippen molar-refractivity contribution in [1.82, 2.24) is 4.98 Å². The highest BCUT2D eigenvalue weighted by Crippen LogP contribution is 2.49. The lowest BCUT2D eigenvalue weighted by molar-refractivity contribution is -0.117. The molecule has 1 amide bonds. The van der Waals surface area contributed by atoms with E-state index in [0.29, 0.717) is 10.8 Å². The number of pyridine rings is 1. The summed E-state index contributed by atoms with van der Waals surface area (Å²) in [7, 11) is 0. The largest absolute Gasteiger partial charge is 0.310 e. The predicted octanol–water partition coefficient (Wildman–Crippen LogP) is 4.13. The third kappa shape index (κ3) is 2.79. The van der Waals surface area contributed by atoms with Gasteiger partial charge in [-0.15, -0.1) is 0 Å². The third-order valence-electron chi connectivity index (χ3n) is 3.41. The van der Waals surface area contributed by atoms with Crippen molar-refractivity contribution in [3.63, 3.8) is 0 Å². The monoisotopic (exact) mass is 306 g/mol. The maximum atomic E-state index is 12.1. The maximum Gasteiger partial charge on any atom is 0.229 e. The van der Waals surface area contributed by atoms with Crippen LogP contribution in [0, 0.1) is 5.92 Å². The number of rotatable bonds is 3. The minimum atomic E-state index is -0.0348. The second-order valence-corrected chi connectivity index (χ2v) is 5.66. The molecule has 2 unspecified atom stereocenters. The van der Waals surface area contributed by atoms with Gasteiger partial charge >= 0.3 is 0 Å². The maximum absolute atomic E-state index is 12.1. The first kappa shape index (κ1) is 13.4. The average molecular weight is 307 g/mol. The molecule has 1 heterocycles. The summed E-state index contributed by atoms with van der Waals surface area (Å²) in [6.07, 6.45) is 2.33. The molecule has 1 aliphatic rings. The van der Waals surface area contributed by atoms with Crippen LogP contribution in [0.15, 0.2) is 42.6 Å². The Morgan fingerprint density at radius 2 is 2.00 bits per heavy atom. The molecule has 5 heteroatoms. The fraction of sp³-hybridized carbons (Fsp3) is 0.200. The van der Waals surface area contributed by atoms with E-state index < -0.39 is 0 Å². The van der Waals surface area contributed by atoms with Gasteiger partial charge in [0.25, 0.3) is 0 Å². The highest BCUT2D eigenvalue weighted by atomic mass is 35.5. The summed E-state index contributed by atoms with van der Waals surface area (Å²) in [4.78, 5) is 16.2. The van der Waals surface area contributed by atoms with Gasteiger partial charge in [0.1, 0.15) is 5.82 Å². The highest BCUT2D eigenvalue weighted by Gasteiger charge is 2.44. The van der Waals surface area contributed by atoms with Gasteiger partial charge in [0.2, 0.25) is 5.91 Å². The molecule has 1 aromatic heterocycles. The standard InChI is InChI=1S/C15H12Cl2N2O/c16-9-5-6-14(18-8-9)19-15(20)12-7-11(12)10-3-1-2-4-13(10)17/h1-6,8,11-12H,7H2,(H,18,19,20). The van der Waals surface area contributed by atoms with E-state index in [2.05, 4.69) is 10.3 Å². The van der Waals surface area contributed by atoms with Gasteiger partial charge in [0, 0.05) is 17.1 Å². The number of hydrogen-bond acceptors (Lipinski definition) is 2. The molecule has 0 radical (unpaired) electrons. The second-order valence-electron chi connectivity index (χ2n) is 4.82. The lowest BCUT2D eigenvalue weighted by Crippen LogP contribution is -2.15. The van der Waals surface area contributed by atoms with Crippen LogP contribution in [0.4, 0.5) is 5.82 Å². The molecule has 3 rings (SSSR count). The summed E-state index contributed by atoms with van der Waals surface area (Å²) in [6.45, 7) is 0. The van der Waals surface area contributed by atoms with Crippen molar-refractivity contribution >= 4 is 34.9 Å². The molecule has 20 heavy (non-hydrogen) atoms. The van der Waals surface area contributed by atoms with E-state index >= 15 is 0 Å². The Morgan fingerprint density at radius 3 is 2.70 bits per heavy atom. The van der Waals surface area contributed by atoms with E-state index in [1.165, 1.54) is 6.20 Å². The van der Waals surface area contributed by atoms with E-state index in [0.717, 1.165) is 17.0 Å². The zero-order valence-electron chi connectivity index (χ0n) is 10.5. The molecular formula is C15H12Cl2N2O. The number of carbonyl (C=O) groups excluding carboxylic acids is 1. The van der Waals surface area contributed by atoms with E-state index in [4.69, 9.17) is 23.2 Å². The van der Waals surface area contributed by atoms with Crippen molar-refractivity contribution in [3.8, 4) is 0 Å². The van der Waals surface area contributed by atoms with E-state index in [1.807, 2.05) is 24.3 Å². The summed E-state index contributed by atoms with van der Waals surface area (Å²) < 4.78 is 0.